The Hall–Kier alpha value is -2.00. The largest absolute Gasteiger partial charge is 0.368 e. The number of hydrogen-bond acceptors (Lipinski definition) is 6. The fourth-order valence-corrected chi connectivity index (χ4v) is 5.07. The Labute approximate surface area is 167 Å². The maximum absolute atomic E-state index is 12.6. The number of amides is 3. The maximum Gasteiger partial charge on any atom is 0.324 e. The summed E-state index contributed by atoms with van der Waals surface area (Å²) >= 11 is 3.02. The highest BCUT2D eigenvalue weighted by Crippen LogP contribution is 2.36. The average Bonchev–Trinajstić information content (AvgIpc) is 3.24. The molecule has 0 saturated carbocycles. The topological polar surface area (TPSA) is 101 Å². The normalized spacial score (nSPS) is 20.1. The first-order chi connectivity index (χ1) is 12.6. The van der Waals surface area contributed by atoms with Gasteiger partial charge in [0.2, 0.25) is 5.91 Å². The third kappa shape index (κ3) is 3.98. The lowest BCUT2D eigenvalue weighted by molar-refractivity contribution is -0.122. The lowest BCUT2D eigenvalue weighted by atomic mass is 9.98. The molecule has 0 aliphatic carbocycles. The average molecular weight is 408 g/mol. The molecule has 1 aliphatic rings. The molecule has 1 aliphatic heterocycles. The van der Waals surface area contributed by atoms with E-state index in [0.717, 1.165) is 27.7 Å². The van der Waals surface area contributed by atoms with Crippen molar-refractivity contribution in [1.82, 2.24) is 14.9 Å². The van der Waals surface area contributed by atoms with Crippen LogP contribution in [0.5, 0.6) is 0 Å². The van der Waals surface area contributed by atoms with Gasteiger partial charge in [0, 0.05) is 17.3 Å². The molecule has 0 bridgehead atoms. The summed E-state index contributed by atoms with van der Waals surface area (Å²) in [5, 5.41) is 6.41. The molecule has 2 aromatic rings. The van der Waals surface area contributed by atoms with Crippen LogP contribution >= 0.6 is 22.7 Å². The molecule has 3 rings (SSSR count). The molecule has 0 spiro atoms. The Morgan fingerprint density at radius 3 is 2.63 bits per heavy atom. The summed E-state index contributed by atoms with van der Waals surface area (Å²) in [5.74, 6) is -0.406. The van der Waals surface area contributed by atoms with Crippen molar-refractivity contribution >= 4 is 39.7 Å². The number of hydrogen-bond donors (Lipinski definition) is 2. The van der Waals surface area contributed by atoms with Gasteiger partial charge in [-0.25, -0.2) is 14.8 Å². The van der Waals surface area contributed by atoms with Gasteiger partial charge in [0.05, 0.1) is 21.3 Å². The van der Waals surface area contributed by atoms with Crippen molar-refractivity contribution in [2.24, 2.45) is 11.7 Å². The molecule has 3 N–H and O–H groups in total. The number of carbonyl (C=O) groups excluding carboxylic acids is 2. The van der Waals surface area contributed by atoms with E-state index in [4.69, 9.17) is 10.7 Å². The summed E-state index contributed by atoms with van der Waals surface area (Å²) in [7, 11) is 0. The number of thiazole rings is 2. The van der Waals surface area contributed by atoms with Crippen molar-refractivity contribution in [1.29, 1.82) is 0 Å². The van der Waals surface area contributed by atoms with Gasteiger partial charge in [0.1, 0.15) is 6.04 Å². The highest BCUT2D eigenvalue weighted by atomic mass is 32.1. The molecule has 3 heterocycles. The van der Waals surface area contributed by atoms with E-state index in [-0.39, 0.29) is 17.4 Å². The Morgan fingerprint density at radius 2 is 2.04 bits per heavy atom. The van der Waals surface area contributed by atoms with Crippen molar-refractivity contribution in [3.63, 3.8) is 0 Å². The number of nitrogens with two attached hydrogens (primary N) is 1. The Morgan fingerprint density at radius 1 is 1.33 bits per heavy atom. The van der Waals surface area contributed by atoms with Crippen LogP contribution < -0.4 is 11.1 Å². The van der Waals surface area contributed by atoms with Crippen LogP contribution in [0.1, 0.15) is 44.8 Å². The molecule has 1 fully saturated rings. The van der Waals surface area contributed by atoms with Gasteiger partial charge < -0.3 is 10.6 Å². The van der Waals surface area contributed by atoms with Gasteiger partial charge in [0.25, 0.3) is 0 Å². The first kappa shape index (κ1) is 19.8. The van der Waals surface area contributed by atoms with Crippen LogP contribution in [-0.4, -0.2) is 39.4 Å². The number of urea groups is 1. The molecule has 1 saturated heterocycles. The van der Waals surface area contributed by atoms with E-state index in [1.54, 1.807) is 11.3 Å². The monoisotopic (exact) mass is 407 g/mol. The quantitative estimate of drug-likeness (QED) is 0.811. The van der Waals surface area contributed by atoms with Crippen molar-refractivity contribution in [3.8, 4) is 10.6 Å². The molecule has 27 heavy (non-hydrogen) atoms. The van der Waals surface area contributed by atoms with Gasteiger partial charge in [-0.2, -0.15) is 0 Å². The fourth-order valence-electron chi connectivity index (χ4n) is 3.18. The summed E-state index contributed by atoms with van der Waals surface area (Å²) in [6.07, 6.45) is 0.761. The van der Waals surface area contributed by atoms with E-state index in [0.29, 0.717) is 11.7 Å². The second-order valence-electron chi connectivity index (χ2n) is 7.96. The van der Waals surface area contributed by atoms with Gasteiger partial charge in [-0.05, 0) is 19.3 Å². The third-order valence-corrected chi connectivity index (χ3v) is 7.00. The predicted molar refractivity (Wildman–Crippen MR) is 109 cm³/mol. The Kier molecular flexibility index (Phi) is 5.27. The second kappa shape index (κ2) is 7.20. The Balaban J connectivity index is 1.78. The van der Waals surface area contributed by atoms with E-state index in [2.05, 4.69) is 31.1 Å². The zero-order chi connectivity index (χ0) is 19.9. The van der Waals surface area contributed by atoms with Gasteiger partial charge >= 0.3 is 6.03 Å². The number of nitrogens with one attached hydrogen (secondary N) is 1. The van der Waals surface area contributed by atoms with Crippen LogP contribution in [0.3, 0.4) is 0 Å². The second-order valence-corrected chi connectivity index (χ2v) is 9.82. The molecule has 2 aromatic heterocycles. The van der Waals surface area contributed by atoms with Crippen molar-refractivity contribution in [2.75, 3.05) is 11.9 Å². The molecule has 0 unspecified atom stereocenters. The molecule has 3 amide bonds. The first-order valence-electron chi connectivity index (χ1n) is 8.88. The van der Waals surface area contributed by atoms with Crippen molar-refractivity contribution < 1.29 is 9.59 Å². The number of rotatable bonds is 3. The summed E-state index contributed by atoms with van der Waals surface area (Å²) in [6, 6.07) is -0.907. The van der Waals surface area contributed by atoms with Crippen molar-refractivity contribution in [2.45, 2.75) is 52.5 Å². The molecule has 0 aromatic carbocycles. The zero-order valence-electron chi connectivity index (χ0n) is 16.2. The number of primary amides is 1. The van der Waals surface area contributed by atoms with Gasteiger partial charge in [-0.3, -0.25) is 10.1 Å². The number of anilines is 1. The molecule has 7 nitrogen and oxygen atoms in total. The Bertz CT molecular complexity index is 867. The van der Waals surface area contributed by atoms with Crippen LogP contribution in [-0.2, 0) is 10.2 Å². The number of nitrogens with zero attached hydrogens (tertiary/aromatic N) is 3. The van der Waals surface area contributed by atoms with E-state index in [1.165, 1.54) is 16.2 Å². The highest BCUT2D eigenvalue weighted by Gasteiger charge is 2.38. The molecule has 2 atom stereocenters. The fraction of sp³-hybridized carbons (Fsp3) is 0.556. The van der Waals surface area contributed by atoms with Gasteiger partial charge in [-0.1, -0.05) is 39.0 Å². The van der Waals surface area contributed by atoms with E-state index in [1.807, 2.05) is 19.2 Å². The van der Waals surface area contributed by atoms with Crippen LogP contribution in [0.25, 0.3) is 10.6 Å². The van der Waals surface area contributed by atoms with Crippen LogP contribution in [0.4, 0.5) is 9.93 Å². The maximum atomic E-state index is 12.6. The van der Waals surface area contributed by atoms with Crippen LogP contribution in [0, 0.1) is 12.8 Å². The lowest BCUT2D eigenvalue weighted by Crippen LogP contribution is -2.47. The molecule has 0 radical (unpaired) electrons. The number of likely N-dealkylation sites (tertiary alicyclic amines) is 1. The van der Waals surface area contributed by atoms with Gasteiger partial charge in [0.15, 0.2) is 5.13 Å². The predicted octanol–water partition coefficient (Wildman–Crippen LogP) is 3.60. The highest BCUT2D eigenvalue weighted by molar-refractivity contribution is 7.19. The van der Waals surface area contributed by atoms with Crippen LogP contribution in [0.15, 0.2) is 5.38 Å². The minimum atomic E-state index is -0.571. The van der Waals surface area contributed by atoms with Gasteiger partial charge in [-0.15, -0.1) is 11.3 Å². The SMILES string of the molecule is Cc1nc(NC(=O)N2CC[C@@H](C)[C@H]2C(N)=O)sc1-c1csc(C(C)(C)C)n1. The zero-order valence-corrected chi connectivity index (χ0v) is 17.8. The summed E-state index contributed by atoms with van der Waals surface area (Å²) in [4.78, 5) is 36.0. The third-order valence-electron chi connectivity index (χ3n) is 4.64. The summed E-state index contributed by atoms with van der Waals surface area (Å²) in [5.41, 5.74) is 7.17. The molecular formula is C18H25N5O2S2. The molecular weight excluding hydrogens is 382 g/mol. The van der Waals surface area contributed by atoms with Crippen LogP contribution in [0.2, 0.25) is 0 Å². The van der Waals surface area contributed by atoms with E-state index < -0.39 is 11.9 Å². The number of aromatic nitrogens is 2. The lowest BCUT2D eigenvalue weighted by Gasteiger charge is -2.23. The summed E-state index contributed by atoms with van der Waals surface area (Å²) < 4.78 is 0. The molecule has 9 heteroatoms. The smallest absolute Gasteiger partial charge is 0.324 e. The minimum Gasteiger partial charge on any atom is -0.368 e. The number of carbonyl (C=O) groups is 2. The number of aryl methyl sites for hydroxylation is 1. The minimum absolute atomic E-state index is 0.00518. The standard InChI is InChI=1S/C18H25N5O2S2/c1-9-6-7-23(12(9)14(19)24)17(25)22-16-20-10(2)13(27-16)11-8-26-15(21-11)18(3,4)5/h8-9,12H,6-7H2,1-5H3,(H2,19,24)(H,20,22,25)/t9-,12+/m1/s1. The van der Waals surface area contributed by atoms with E-state index >= 15 is 0 Å². The summed E-state index contributed by atoms with van der Waals surface area (Å²) in [6.45, 7) is 10.7. The van der Waals surface area contributed by atoms with Crippen molar-refractivity contribution in [3.05, 3.63) is 16.1 Å². The van der Waals surface area contributed by atoms with E-state index in [9.17, 15) is 9.59 Å². The molecule has 146 valence electrons. The first-order valence-corrected chi connectivity index (χ1v) is 10.6.